The van der Waals surface area contributed by atoms with Crippen LogP contribution in [0, 0.1) is 5.41 Å². The molecule has 3 heterocycles. The second-order valence-corrected chi connectivity index (χ2v) is 10.7. The number of nitrogens with zero attached hydrogens (tertiary/aromatic N) is 5. The highest BCUT2D eigenvalue weighted by Crippen LogP contribution is 2.64. The van der Waals surface area contributed by atoms with Crippen molar-refractivity contribution in [3.05, 3.63) is 71.7 Å². The number of aromatic nitrogens is 3. The van der Waals surface area contributed by atoms with Crippen molar-refractivity contribution < 1.29 is 9.59 Å². The summed E-state index contributed by atoms with van der Waals surface area (Å²) in [6.07, 6.45) is 6.35. The van der Waals surface area contributed by atoms with E-state index in [9.17, 15) is 9.59 Å². The lowest BCUT2D eigenvalue weighted by atomic mass is 9.82. The second kappa shape index (κ2) is 9.30. The third kappa shape index (κ3) is 4.48. The standard InChI is InChI=1S/C28H33N7O2/c1-33-13-15-35(16-14-33)23-8-7-20(18-29-23)31-27(37)25(32-26(36)22-9-12-30-34(22)2)24-21-6-4-3-5-19(21)17-28(24)10-11-28/h3-9,12,18,24-25H,10-11,13-17H2,1-2H3,(H,31,37)(H,32,36)/t24?,25-/m0/s1. The van der Waals surface area contributed by atoms with Crippen molar-refractivity contribution in [2.24, 2.45) is 12.5 Å². The average molecular weight is 500 g/mol. The van der Waals surface area contributed by atoms with Gasteiger partial charge in [0.25, 0.3) is 5.91 Å². The maximum Gasteiger partial charge on any atom is 0.270 e. The van der Waals surface area contributed by atoms with Gasteiger partial charge in [-0.1, -0.05) is 24.3 Å². The fourth-order valence-electron chi connectivity index (χ4n) is 6.01. The molecule has 1 unspecified atom stereocenters. The minimum Gasteiger partial charge on any atom is -0.354 e. The first kappa shape index (κ1) is 23.7. The summed E-state index contributed by atoms with van der Waals surface area (Å²) >= 11 is 0. The Bertz CT molecular complexity index is 1310. The van der Waals surface area contributed by atoms with E-state index in [2.05, 4.69) is 49.7 Å². The SMILES string of the molecule is CN1CCN(c2ccc(NC(=O)[C@@H](NC(=O)c3ccnn3C)C3c4ccccc4CC34CC4)cn2)CC1. The largest absolute Gasteiger partial charge is 0.354 e. The van der Waals surface area contributed by atoms with Crippen LogP contribution in [-0.4, -0.2) is 70.7 Å². The molecule has 9 nitrogen and oxygen atoms in total. The van der Waals surface area contributed by atoms with E-state index in [1.54, 1.807) is 25.5 Å². The molecule has 2 N–H and O–H groups in total. The quantitative estimate of drug-likeness (QED) is 0.541. The molecular weight excluding hydrogens is 466 g/mol. The zero-order chi connectivity index (χ0) is 25.6. The fourth-order valence-corrected chi connectivity index (χ4v) is 6.01. The summed E-state index contributed by atoms with van der Waals surface area (Å²) in [6.45, 7) is 3.87. The van der Waals surface area contributed by atoms with Gasteiger partial charge in [0.1, 0.15) is 17.6 Å². The van der Waals surface area contributed by atoms with Crippen molar-refractivity contribution in [2.45, 2.75) is 31.2 Å². The first-order chi connectivity index (χ1) is 17.9. The van der Waals surface area contributed by atoms with Crippen LogP contribution in [0.2, 0.25) is 0 Å². The third-order valence-electron chi connectivity index (χ3n) is 8.28. The van der Waals surface area contributed by atoms with Gasteiger partial charge in [0.05, 0.1) is 11.9 Å². The molecule has 192 valence electrons. The minimum atomic E-state index is -0.717. The smallest absolute Gasteiger partial charge is 0.270 e. The molecule has 1 aliphatic heterocycles. The summed E-state index contributed by atoms with van der Waals surface area (Å²) < 4.78 is 1.53. The lowest BCUT2D eigenvalue weighted by Gasteiger charge is -2.33. The van der Waals surface area contributed by atoms with Gasteiger partial charge in [-0.05, 0) is 61.1 Å². The number of aryl methyl sites for hydroxylation is 1. The molecule has 2 aromatic heterocycles. The first-order valence-electron chi connectivity index (χ1n) is 13.0. The van der Waals surface area contributed by atoms with Crippen LogP contribution in [0.1, 0.15) is 40.4 Å². The maximum atomic E-state index is 13.8. The normalized spacial score (nSPS) is 20.9. The predicted octanol–water partition coefficient (Wildman–Crippen LogP) is 2.42. The molecule has 3 aliphatic rings. The van der Waals surface area contributed by atoms with Crippen LogP contribution in [0.5, 0.6) is 0 Å². The number of anilines is 2. The van der Waals surface area contributed by atoms with E-state index in [-0.39, 0.29) is 23.1 Å². The van der Waals surface area contributed by atoms with Gasteiger partial charge < -0.3 is 20.4 Å². The van der Waals surface area contributed by atoms with Crippen LogP contribution in [0.4, 0.5) is 11.5 Å². The molecule has 3 aromatic rings. The number of benzene rings is 1. The Morgan fingerprint density at radius 1 is 1.03 bits per heavy atom. The first-order valence-corrected chi connectivity index (χ1v) is 13.0. The zero-order valence-corrected chi connectivity index (χ0v) is 21.4. The van der Waals surface area contributed by atoms with Crippen molar-refractivity contribution in [2.75, 3.05) is 43.4 Å². The van der Waals surface area contributed by atoms with E-state index in [0.29, 0.717) is 11.4 Å². The average Bonchev–Trinajstić information content (AvgIpc) is 3.40. The molecule has 1 saturated heterocycles. The highest BCUT2D eigenvalue weighted by atomic mass is 16.2. The summed E-state index contributed by atoms with van der Waals surface area (Å²) in [6, 6.07) is 13.1. The topological polar surface area (TPSA) is 95.4 Å². The van der Waals surface area contributed by atoms with Crippen LogP contribution in [-0.2, 0) is 18.3 Å². The number of amides is 2. The second-order valence-electron chi connectivity index (χ2n) is 10.7. The highest BCUT2D eigenvalue weighted by molar-refractivity contribution is 6.01. The summed E-state index contributed by atoms with van der Waals surface area (Å²) in [4.78, 5) is 36.3. The summed E-state index contributed by atoms with van der Waals surface area (Å²) in [7, 11) is 3.85. The Kier molecular flexibility index (Phi) is 5.95. The van der Waals surface area contributed by atoms with Crippen molar-refractivity contribution >= 4 is 23.3 Å². The number of hydrogen-bond donors (Lipinski definition) is 2. The number of hydrogen-bond acceptors (Lipinski definition) is 6. The van der Waals surface area contributed by atoms with Gasteiger partial charge in [-0.15, -0.1) is 0 Å². The number of carbonyl (C=O) groups is 2. The number of nitrogens with one attached hydrogen (secondary N) is 2. The summed E-state index contributed by atoms with van der Waals surface area (Å²) in [5.41, 5.74) is 3.50. The van der Waals surface area contributed by atoms with E-state index >= 15 is 0 Å². The third-order valence-corrected chi connectivity index (χ3v) is 8.28. The molecule has 2 atom stereocenters. The molecule has 9 heteroatoms. The highest BCUT2D eigenvalue weighted by Gasteiger charge is 2.58. The molecule has 0 bridgehead atoms. The van der Waals surface area contributed by atoms with Crippen molar-refractivity contribution in [1.29, 1.82) is 0 Å². The van der Waals surface area contributed by atoms with Gasteiger partial charge in [-0.2, -0.15) is 5.10 Å². The maximum absolute atomic E-state index is 13.8. The van der Waals surface area contributed by atoms with Crippen LogP contribution >= 0.6 is 0 Å². The Balaban J connectivity index is 1.25. The molecular formula is C28H33N7O2. The Labute approximate surface area is 216 Å². The molecule has 37 heavy (non-hydrogen) atoms. The number of piperazine rings is 1. The summed E-state index contributed by atoms with van der Waals surface area (Å²) in [5, 5.41) is 10.3. The molecule has 1 aromatic carbocycles. The van der Waals surface area contributed by atoms with Crippen LogP contribution in [0.25, 0.3) is 0 Å². The van der Waals surface area contributed by atoms with E-state index in [1.807, 2.05) is 24.3 Å². The van der Waals surface area contributed by atoms with Gasteiger partial charge in [0.15, 0.2) is 0 Å². The molecule has 2 amide bonds. The van der Waals surface area contributed by atoms with Crippen molar-refractivity contribution in [3.63, 3.8) is 0 Å². The predicted molar refractivity (Wildman–Crippen MR) is 142 cm³/mol. The van der Waals surface area contributed by atoms with Gasteiger partial charge in [0.2, 0.25) is 5.91 Å². The summed E-state index contributed by atoms with van der Waals surface area (Å²) in [5.74, 6) is 0.300. The Morgan fingerprint density at radius 3 is 2.49 bits per heavy atom. The van der Waals surface area contributed by atoms with E-state index in [0.717, 1.165) is 56.8 Å². The van der Waals surface area contributed by atoms with E-state index in [1.165, 1.54) is 10.2 Å². The van der Waals surface area contributed by atoms with Crippen LogP contribution in [0.3, 0.4) is 0 Å². The van der Waals surface area contributed by atoms with Gasteiger partial charge in [0, 0.05) is 45.3 Å². The Hall–Kier alpha value is -3.72. The lowest BCUT2D eigenvalue weighted by molar-refractivity contribution is -0.118. The molecule has 2 fully saturated rings. The number of rotatable bonds is 6. The van der Waals surface area contributed by atoms with Crippen LogP contribution in [0.15, 0.2) is 54.9 Å². The molecule has 0 radical (unpaired) electrons. The minimum absolute atomic E-state index is 0.0228. The van der Waals surface area contributed by atoms with Crippen molar-refractivity contribution in [3.8, 4) is 0 Å². The van der Waals surface area contributed by atoms with E-state index in [4.69, 9.17) is 0 Å². The monoisotopic (exact) mass is 499 g/mol. The lowest BCUT2D eigenvalue weighted by Crippen LogP contribution is -2.49. The number of pyridine rings is 1. The van der Waals surface area contributed by atoms with E-state index < -0.39 is 6.04 Å². The molecule has 6 rings (SSSR count). The Morgan fingerprint density at radius 2 is 1.81 bits per heavy atom. The fraction of sp³-hybridized carbons (Fsp3) is 0.429. The molecule has 1 spiro atoms. The number of fused-ring (bicyclic) bond motifs is 1. The number of likely N-dealkylation sites (N-methyl/N-ethyl adjacent to an activating group) is 1. The number of carbonyl (C=O) groups excluding carboxylic acids is 2. The van der Waals surface area contributed by atoms with Crippen molar-refractivity contribution in [1.82, 2.24) is 25.0 Å². The molecule has 1 saturated carbocycles. The van der Waals surface area contributed by atoms with Gasteiger partial charge >= 0.3 is 0 Å². The van der Waals surface area contributed by atoms with Gasteiger partial charge in [-0.3, -0.25) is 14.3 Å². The van der Waals surface area contributed by atoms with Gasteiger partial charge in [-0.25, -0.2) is 4.98 Å². The zero-order valence-electron chi connectivity index (χ0n) is 21.4. The van der Waals surface area contributed by atoms with Crippen LogP contribution < -0.4 is 15.5 Å². The molecule has 2 aliphatic carbocycles.